The number of benzene rings is 1. The second kappa shape index (κ2) is 5.34. The summed E-state index contributed by atoms with van der Waals surface area (Å²) in [7, 11) is 1.58. The van der Waals surface area contributed by atoms with Gasteiger partial charge in [0.15, 0.2) is 0 Å². The number of carbonyl (C=O) groups is 2. The van der Waals surface area contributed by atoms with E-state index in [-0.39, 0.29) is 18.9 Å². The first-order valence-corrected chi connectivity index (χ1v) is 5.26. The van der Waals surface area contributed by atoms with Gasteiger partial charge in [0.25, 0.3) is 5.91 Å². The fourth-order valence-corrected chi connectivity index (χ4v) is 1.46. The van der Waals surface area contributed by atoms with Gasteiger partial charge in [-0.1, -0.05) is 6.07 Å². The van der Waals surface area contributed by atoms with Crippen molar-refractivity contribution in [3.05, 3.63) is 29.3 Å². The lowest BCUT2D eigenvalue weighted by Gasteiger charge is -2.17. The molecule has 0 saturated heterocycles. The number of nitrogen functional groups attached to an aromatic ring is 1. The summed E-state index contributed by atoms with van der Waals surface area (Å²) in [6.45, 7) is 1.95. The number of anilines is 1. The molecule has 0 radical (unpaired) electrons. The van der Waals surface area contributed by atoms with Crippen LogP contribution in [0, 0.1) is 6.92 Å². The van der Waals surface area contributed by atoms with E-state index in [2.05, 4.69) is 0 Å². The number of amides is 1. The third kappa shape index (κ3) is 3.21. The van der Waals surface area contributed by atoms with Crippen LogP contribution in [-0.2, 0) is 4.79 Å². The number of nitrogens with zero attached hydrogens (tertiary/aromatic N) is 1. The number of carboxylic acids is 1. The Morgan fingerprint density at radius 3 is 2.65 bits per heavy atom. The minimum atomic E-state index is -0.922. The molecule has 0 bridgehead atoms. The summed E-state index contributed by atoms with van der Waals surface area (Å²) in [6.07, 6.45) is -0.0659. The van der Waals surface area contributed by atoms with Crippen LogP contribution in [0.3, 0.4) is 0 Å². The molecule has 17 heavy (non-hydrogen) atoms. The zero-order valence-corrected chi connectivity index (χ0v) is 9.93. The van der Waals surface area contributed by atoms with E-state index in [0.29, 0.717) is 11.3 Å². The highest BCUT2D eigenvalue weighted by molar-refractivity contribution is 5.96. The van der Waals surface area contributed by atoms with Crippen molar-refractivity contribution < 1.29 is 14.7 Å². The van der Waals surface area contributed by atoms with E-state index in [1.165, 1.54) is 4.90 Å². The van der Waals surface area contributed by atoms with Gasteiger partial charge >= 0.3 is 5.97 Å². The summed E-state index contributed by atoms with van der Waals surface area (Å²) in [6, 6.07) is 5.12. The van der Waals surface area contributed by atoms with Crippen LogP contribution in [0.5, 0.6) is 0 Å². The van der Waals surface area contributed by atoms with Crippen LogP contribution >= 0.6 is 0 Å². The Morgan fingerprint density at radius 2 is 2.06 bits per heavy atom. The van der Waals surface area contributed by atoms with Gasteiger partial charge in [-0.05, 0) is 24.6 Å². The van der Waals surface area contributed by atoms with Gasteiger partial charge in [-0.2, -0.15) is 0 Å². The van der Waals surface area contributed by atoms with Gasteiger partial charge in [0, 0.05) is 24.8 Å². The van der Waals surface area contributed by atoms with Crippen LogP contribution in [0.1, 0.15) is 22.3 Å². The first-order chi connectivity index (χ1) is 7.93. The van der Waals surface area contributed by atoms with Crippen molar-refractivity contribution in [3.63, 3.8) is 0 Å². The highest BCUT2D eigenvalue weighted by Gasteiger charge is 2.15. The topological polar surface area (TPSA) is 83.6 Å². The van der Waals surface area contributed by atoms with Crippen molar-refractivity contribution in [2.75, 3.05) is 19.3 Å². The fraction of sp³-hybridized carbons (Fsp3) is 0.333. The third-order valence-electron chi connectivity index (χ3n) is 2.61. The van der Waals surface area contributed by atoms with Gasteiger partial charge < -0.3 is 15.7 Å². The first kappa shape index (κ1) is 13.0. The maximum Gasteiger partial charge on any atom is 0.305 e. The minimum Gasteiger partial charge on any atom is -0.481 e. The molecule has 5 heteroatoms. The van der Waals surface area contributed by atoms with Gasteiger partial charge in [0.05, 0.1) is 6.42 Å². The first-order valence-electron chi connectivity index (χ1n) is 5.26. The lowest BCUT2D eigenvalue weighted by atomic mass is 10.1. The molecule has 1 amide bonds. The Kier molecular flexibility index (Phi) is 4.09. The van der Waals surface area contributed by atoms with Crippen LogP contribution in [0.2, 0.25) is 0 Å². The smallest absolute Gasteiger partial charge is 0.305 e. The molecule has 5 nitrogen and oxygen atoms in total. The summed E-state index contributed by atoms with van der Waals surface area (Å²) in [5, 5.41) is 8.56. The van der Waals surface area contributed by atoms with Crippen molar-refractivity contribution in [1.82, 2.24) is 4.90 Å². The zero-order valence-electron chi connectivity index (χ0n) is 9.93. The predicted octanol–water partition coefficient (Wildman–Crippen LogP) is 1.12. The van der Waals surface area contributed by atoms with E-state index in [0.717, 1.165) is 5.56 Å². The zero-order chi connectivity index (χ0) is 13.0. The maximum absolute atomic E-state index is 12.0. The molecule has 0 fully saturated rings. The number of hydrogen-bond acceptors (Lipinski definition) is 3. The van der Waals surface area contributed by atoms with Gasteiger partial charge in [-0.25, -0.2) is 0 Å². The summed E-state index contributed by atoms with van der Waals surface area (Å²) in [5.74, 6) is -1.13. The van der Waals surface area contributed by atoms with Crippen molar-refractivity contribution >= 4 is 17.6 Å². The van der Waals surface area contributed by atoms with Crippen molar-refractivity contribution in [1.29, 1.82) is 0 Å². The van der Waals surface area contributed by atoms with Crippen LogP contribution in [0.15, 0.2) is 18.2 Å². The standard InChI is InChI=1S/C12H16N2O3/c1-8-9(4-3-5-10(8)13)12(17)14(2)7-6-11(15)16/h3-5H,6-7,13H2,1-2H3,(H,15,16). The molecule has 0 unspecified atom stereocenters. The Morgan fingerprint density at radius 1 is 1.41 bits per heavy atom. The molecule has 92 valence electrons. The molecule has 1 aromatic rings. The average Bonchev–Trinajstić information content (AvgIpc) is 2.28. The van der Waals surface area contributed by atoms with E-state index in [9.17, 15) is 9.59 Å². The number of carboxylic acid groups (broad SMARTS) is 1. The molecule has 3 N–H and O–H groups in total. The summed E-state index contributed by atoms with van der Waals surface area (Å²) < 4.78 is 0. The predicted molar refractivity (Wildman–Crippen MR) is 64.8 cm³/mol. The molecular weight excluding hydrogens is 220 g/mol. The van der Waals surface area contributed by atoms with E-state index >= 15 is 0 Å². The Hall–Kier alpha value is -2.04. The van der Waals surface area contributed by atoms with E-state index in [4.69, 9.17) is 10.8 Å². The SMILES string of the molecule is Cc1c(N)cccc1C(=O)N(C)CCC(=O)O. The molecule has 1 rings (SSSR count). The molecular formula is C12H16N2O3. The van der Waals surface area contributed by atoms with Gasteiger partial charge in [0.2, 0.25) is 0 Å². The van der Waals surface area contributed by atoms with Crippen LogP contribution in [-0.4, -0.2) is 35.5 Å². The number of nitrogens with two attached hydrogens (primary N) is 1. The van der Waals surface area contributed by atoms with E-state index < -0.39 is 5.97 Å². The normalized spacial score (nSPS) is 10.0. The highest BCUT2D eigenvalue weighted by atomic mass is 16.4. The molecule has 0 aliphatic heterocycles. The van der Waals surface area contributed by atoms with Gasteiger partial charge in [-0.15, -0.1) is 0 Å². The van der Waals surface area contributed by atoms with Crippen molar-refractivity contribution in [2.45, 2.75) is 13.3 Å². The number of carbonyl (C=O) groups excluding carboxylic acids is 1. The fourth-order valence-electron chi connectivity index (χ4n) is 1.46. The Bertz CT molecular complexity index is 443. The minimum absolute atomic E-state index is 0.0659. The number of hydrogen-bond donors (Lipinski definition) is 2. The molecule has 0 aromatic heterocycles. The second-order valence-electron chi connectivity index (χ2n) is 3.89. The van der Waals surface area contributed by atoms with Crippen molar-refractivity contribution in [2.24, 2.45) is 0 Å². The highest BCUT2D eigenvalue weighted by Crippen LogP contribution is 2.16. The summed E-state index contributed by atoms with van der Waals surface area (Å²) in [4.78, 5) is 23.8. The lowest BCUT2D eigenvalue weighted by molar-refractivity contribution is -0.137. The Balaban J connectivity index is 2.82. The molecule has 0 aliphatic rings. The molecule has 0 aliphatic carbocycles. The lowest BCUT2D eigenvalue weighted by Crippen LogP contribution is -2.29. The molecule has 0 saturated carbocycles. The number of rotatable bonds is 4. The van der Waals surface area contributed by atoms with Gasteiger partial charge in [0.1, 0.15) is 0 Å². The monoisotopic (exact) mass is 236 g/mol. The van der Waals surface area contributed by atoms with Crippen molar-refractivity contribution in [3.8, 4) is 0 Å². The Labute approximate surface area is 99.8 Å². The molecule has 0 spiro atoms. The quantitative estimate of drug-likeness (QED) is 0.767. The average molecular weight is 236 g/mol. The van der Waals surface area contributed by atoms with Gasteiger partial charge in [-0.3, -0.25) is 9.59 Å². The largest absolute Gasteiger partial charge is 0.481 e. The van der Waals surface area contributed by atoms with Crippen LogP contribution < -0.4 is 5.73 Å². The van der Waals surface area contributed by atoms with E-state index in [1.54, 1.807) is 32.2 Å². The molecule has 1 aromatic carbocycles. The van der Waals surface area contributed by atoms with Crippen LogP contribution in [0.25, 0.3) is 0 Å². The summed E-state index contributed by atoms with van der Waals surface area (Å²) >= 11 is 0. The third-order valence-corrected chi connectivity index (χ3v) is 2.61. The maximum atomic E-state index is 12.0. The second-order valence-corrected chi connectivity index (χ2v) is 3.89. The number of aliphatic carboxylic acids is 1. The van der Waals surface area contributed by atoms with E-state index in [1.807, 2.05) is 0 Å². The molecule has 0 heterocycles. The summed E-state index contributed by atoms with van der Waals surface area (Å²) in [5.41, 5.74) is 7.51. The van der Waals surface area contributed by atoms with Crippen LogP contribution in [0.4, 0.5) is 5.69 Å². The molecule has 0 atom stereocenters.